The zero-order valence-electron chi connectivity index (χ0n) is 17.6. The number of benzene rings is 1. The van der Waals surface area contributed by atoms with Crippen molar-refractivity contribution >= 4 is 17.4 Å². The van der Waals surface area contributed by atoms with Crippen LogP contribution in [0.15, 0.2) is 30.6 Å². The van der Waals surface area contributed by atoms with E-state index in [2.05, 4.69) is 25.7 Å². The van der Waals surface area contributed by atoms with E-state index >= 15 is 0 Å². The van der Waals surface area contributed by atoms with E-state index in [1.807, 2.05) is 0 Å². The number of ether oxygens (including phenoxy) is 1. The first-order chi connectivity index (χ1) is 15.6. The molecule has 2 N–H and O–H groups in total. The van der Waals surface area contributed by atoms with Crippen molar-refractivity contribution in [2.75, 3.05) is 25.5 Å². The summed E-state index contributed by atoms with van der Waals surface area (Å²) in [6.45, 7) is 1.69. The fourth-order valence-corrected chi connectivity index (χ4v) is 3.10. The van der Waals surface area contributed by atoms with Gasteiger partial charge in [-0.25, -0.2) is 13.5 Å². The summed E-state index contributed by atoms with van der Waals surface area (Å²) in [5.74, 6) is -2.97. The molecule has 3 aromatic rings. The summed E-state index contributed by atoms with van der Waals surface area (Å²) in [5, 5.41) is 8.48. The molecule has 1 atom stereocenters. The molecule has 0 fully saturated rings. The lowest BCUT2D eigenvalue weighted by molar-refractivity contribution is -0.138. The Morgan fingerprint density at radius 1 is 1.15 bits per heavy atom. The highest BCUT2D eigenvalue weighted by Gasteiger charge is 2.37. The van der Waals surface area contributed by atoms with Gasteiger partial charge in [0.25, 0.3) is 5.95 Å². The number of aromatic nitrogens is 4. The zero-order chi connectivity index (χ0) is 24.2. The highest BCUT2D eigenvalue weighted by molar-refractivity contribution is 6.32. The maximum Gasteiger partial charge on any atom is 0.408 e. The van der Waals surface area contributed by atoms with Crippen molar-refractivity contribution in [3.63, 3.8) is 0 Å². The Balaban J connectivity index is 2.07. The number of hydrogen-bond donors (Lipinski definition) is 2. The van der Waals surface area contributed by atoms with Gasteiger partial charge in [0, 0.05) is 24.5 Å². The fourth-order valence-electron chi connectivity index (χ4n) is 2.84. The van der Waals surface area contributed by atoms with E-state index < -0.39 is 46.0 Å². The number of hydrogen-bond acceptors (Lipinski definition) is 6. The lowest BCUT2D eigenvalue weighted by Crippen LogP contribution is -2.33. The first-order valence-electron chi connectivity index (χ1n) is 9.79. The Bertz CT molecular complexity index is 1070. The smallest absolute Gasteiger partial charge is 0.408 e. The van der Waals surface area contributed by atoms with Gasteiger partial charge < -0.3 is 15.4 Å². The molecule has 7 nitrogen and oxygen atoms in total. The van der Waals surface area contributed by atoms with Crippen molar-refractivity contribution in [3.05, 3.63) is 47.4 Å². The van der Waals surface area contributed by atoms with Crippen LogP contribution in [0.3, 0.4) is 0 Å². The molecule has 0 aliphatic carbocycles. The van der Waals surface area contributed by atoms with E-state index in [1.54, 1.807) is 7.05 Å². The average Bonchev–Trinajstić information content (AvgIpc) is 3.26. The molecule has 0 amide bonds. The van der Waals surface area contributed by atoms with Crippen LogP contribution in [0, 0.1) is 11.6 Å². The number of alkyl halides is 3. The van der Waals surface area contributed by atoms with E-state index in [9.17, 15) is 22.0 Å². The van der Waals surface area contributed by atoms with Gasteiger partial charge in [-0.05, 0) is 33.0 Å². The summed E-state index contributed by atoms with van der Waals surface area (Å²) in [6.07, 6.45) is -1.24. The lowest BCUT2D eigenvalue weighted by atomic mass is 10.1. The molecule has 33 heavy (non-hydrogen) atoms. The monoisotopic (exact) mass is 490 g/mol. The van der Waals surface area contributed by atoms with Gasteiger partial charge in [0.1, 0.15) is 34.4 Å². The largest absolute Gasteiger partial charge is 0.493 e. The van der Waals surface area contributed by atoms with Crippen LogP contribution in [-0.4, -0.2) is 52.2 Å². The molecule has 2 heterocycles. The Kier molecular flexibility index (Phi) is 7.69. The number of anilines is 1. The van der Waals surface area contributed by atoms with Crippen LogP contribution >= 0.6 is 11.6 Å². The molecule has 2 aromatic heterocycles. The Morgan fingerprint density at radius 2 is 1.85 bits per heavy atom. The summed E-state index contributed by atoms with van der Waals surface area (Å²) in [5.41, 5.74) is -1.15. The zero-order valence-corrected chi connectivity index (χ0v) is 18.3. The predicted molar refractivity (Wildman–Crippen MR) is 113 cm³/mol. The third-order valence-corrected chi connectivity index (χ3v) is 4.79. The minimum atomic E-state index is -4.66. The van der Waals surface area contributed by atoms with Crippen LogP contribution in [0.4, 0.5) is 27.8 Å². The molecule has 3 rings (SSSR count). The van der Waals surface area contributed by atoms with E-state index in [0.717, 1.165) is 23.7 Å². The quantitative estimate of drug-likeness (QED) is 0.259. The molecule has 0 aliphatic rings. The molecule has 13 heteroatoms. The van der Waals surface area contributed by atoms with Crippen LogP contribution < -0.4 is 15.4 Å². The first kappa shape index (κ1) is 24.6. The SMILES string of the molecule is CNCCCOc1cc(F)c(-c2c(Cl)nc(-n3cccn3)nc2N[C@@H](C)C(F)(F)F)c(F)c1. The number of nitrogens with one attached hydrogen (secondary N) is 2. The summed E-state index contributed by atoms with van der Waals surface area (Å²) in [4.78, 5) is 7.96. The van der Waals surface area contributed by atoms with Crippen molar-refractivity contribution in [1.29, 1.82) is 0 Å². The minimum Gasteiger partial charge on any atom is -0.493 e. The van der Waals surface area contributed by atoms with Crippen LogP contribution in [-0.2, 0) is 0 Å². The number of nitrogens with zero attached hydrogens (tertiary/aromatic N) is 4. The van der Waals surface area contributed by atoms with Gasteiger partial charge in [0.15, 0.2) is 0 Å². The van der Waals surface area contributed by atoms with Gasteiger partial charge in [-0.3, -0.25) is 0 Å². The topological polar surface area (TPSA) is 76.9 Å². The van der Waals surface area contributed by atoms with Crippen molar-refractivity contribution in [3.8, 4) is 22.8 Å². The van der Waals surface area contributed by atoms with Crippen molar-refractivity contribution < 1.29 is 26.7 Å². The van der Waals surface area contributed by atoms with Crippen molar-refractivity contribution in [2.45, 2.75) is 25.6 Å². The molecule has 1 aromatic carbocycles. The van der Waals surface area contributed by atoms with Crippen LogP contribution in [0.25, 0.3) is 17.1 Å². The maximum absolute atomic E-state index is 15.0. The van der Waals surface area contributed by atoms with Gasteiger partial charge in [0.05, 0.1) is 17.7 Å². The maximum atomic E-state index is 15.0. The van der Waals surface area contributed by atoms with E-state index in [-0.39, 0.29) is 18.3 Å². The minimum absolute atomic E-state index is 0.0757. The lowest BCUT2D eigenvalue weighted by Gasteiger charge is -2.21. The molecular formula is C20H20ClF5N6O. The van der Waals surface area contributed by atoms with Crippen LogP contribution in [0.1, 0.15) is 13.3 Å². The molecule has 0 aliphatic heterocycles. The standard InChI is InChI=1S/C20H20ClF5N6O/c1-11(20(24,25)26)29-18-16(17(21)30-19(31-18)32-7-3-6-28-32)15-13(22)9-12(10-14(15)23)33-8-4-5-27-2/h3,6-7,9-11,27H,4-5,8H2,1-2H3,(H,29,30,31)/t11-/m0/s1. The van der Waals surface area contributed by atoms with E-state index in [4.69, 9.17) is 16.3 Å². The van der Waals surface area contributed by atoms with Gasteiger partial charge in [0.2, 0.25) is 0 Å². The molecule has 0 unspecified atom stereocenters. The number of rotatable bonds is 9. The first-order valence-corrected chi connectivity index (χ1v) is 10.2. The number of halogens is 6. The fraction of sp³-hybridized carbons (Fsp3) is 0.350. The molecule has 0 radical (unpaired) electrons. The molecule has 178 valence electrons. The molecule has 0 saturated heterocycles. The third-order valence-electron chi connectivity index (χ3n) is 4.51. The normalized spacial score (nSPS) is 12.6. The molecule has 0 bridgehead atoms. The molecule has 0 saturated carbocycles. The predicted octanol–water partition coefficient (Wildman–Crippen LogP) is 4.61. The molecule has 0 spiro atoms. The van der Waals surface area contributed by atoms with Gasteiger partial charge in [-0.15, -0.1) is 0 Å². The summed E-state index contributed by atoms with van der Waals surface area (Å²) in [6, 6.07) is 1.28. The van der Waals surface area contributed by atoms with Crippen LogP contribution in [0.2, 0.25) is 5.15 Å². The Labute approximate surface area is 190 Å². The second-order valence-corrected chi connectivity index (χ2v) is 7.32. The highest BCUT2D eigenvalue weighted by atomic mass is 35.5. The average molecular weight is 491 g/mol. The Hall–Kier alpha value is -2.99. The summed E-state index contributed by atoms with van der Waals surface area (Å²) in [7, 11) is 1.75. The van der Waals surface area contributed by atoms with Gasteiger partial charge in [-0.1, -0.05) is 11.6 Å². The van der Waals surface area contributed by atoms with Crippen molar-refractivity contribution in [1.82, 2.24) is 25.1 Å². The van der Waals surface area contributed by atoms with E-state index in [0.29, 0.717) is 13.0 Å². The van der Waals surface area contributed by atoms with E-state index in [1.165, 1.54) is 18.5 Å². The summed E-state index contributed by atoms with van der Waals surface area (Å²) < 4.78 is 76.0. The van der Waals surface area contributed by atoms with Gasteiger partial charge >= 0.3 is 6.18 Å². The highest BCUT2D eigenvalue weighted by Crippen LogP contribution is 2.39. The van der Waals surface area contributed by atoms with Gasteiger partial charge in [-0.2, -0.15) is 28.2 Å². The Morgan fingerprint density at radius 3 is 2.42 bits per heavy atom. The second kappa shape index (κ2) is 10.3. The van der Waals surface area contributed by atoms with Crippen LogP contribution in [0.5, 0.6) is 5.75 Å². The summed E-state index contributed by atoms with van der Waals surface area (Å²) >= 11 is 6.20. The second-order valence-electron chi connectivity index (χ2n) is 6.96. The molecular weight excluding hydrogens is 471 g/mol. The van der Waals surface area contributed by atoms with Crippen molar-refractivity contribution in [2.24, 2.45) is 0 Å². The third kappa shape index (κ3) is 5.88.